The van der Waals surface area contributed by atoms with E-state index < -0.39 is 0 Å². The normalized spacial score (nSPS) is 18.0. The van der Waals surface area contributed by atoms with Crippen LogP contribution in [0.5, 0.6) is 0 Å². The zero-order chi connectivity index (χ0) is 9.80. The van der Waals surface area contributed by atoms with E-state index in [1.165, 1.54) is 30.6 Å². The highest BCUT2D eigenvalue weighted by Crippen LogP contribution is 2.20. The quantitative estimate of drug-likeness (QED) is 0.610. The summed E-state index contributed by atoms with van der Waals surface area (Å²) in [7, 11) is 0. The van der Waals surface area contributed by atoms with Crippen molar-refractivity contribution in [1.29, 1.82) is 0 Å². The number of hydrogen-bond donors (Lipinski definition) is 0. The number of nitrogens with zero attached hydrogens (tertiary/aromatic N) is 1. The lowest BCUT2D eigenvalue weighted by atomic mass is 10.1. The third-order valence-corrected chi connectivity index (χ3v) is 2.81. The van der Waals surface area contributed by atoms with Crippen LogP contribution >= 0.6 is 0 Å². The number of rotatable bonds is 1. The van der Waals surface area contributed by atoms with Gasteiger partial charge in [0, 0.05) is 18.8 Å². The van der Waals surface area contributed by atoms with Gasteiger partial charge in [-0.2, -0.15) is 0 Å². The smallest absolute Gasteiger partial charge is 0.0366 e. The molecule has 1 aliphatic rings. The van der Waals surface area contributed by atoms with E-state index in [2.05, 4.69) is 41.8 Å². The monoisotopic (exact) mass is 187 g/mol. The van der Waals surface area contributed by atoms with Crippen molar-refractivity contribution in [2.45, 2.75) is 19.3 Å². The van der Waals surface area contributed by atoms with Crippen LogP contribution in [-0.4, -0.2) is 13.1 Å². The largest absolute Gasteiger partial charge is 0.371 e. The molecule has 0 bridgehead atoms. The molecule has 1 nitrogen and oxygen atoms in total. The van der Waals surface area contributed by atoms with Crippen LogP contribution in [0.25, 0.3) is 0 Å². The minimum absolute atomic E-state index is 1.13. The van der Waals surface area contributed by atoms with Crippen LogP contribution < -0.4 is 4.90 Å². The SMILES string of the molecule is C=C1CCCN(c2ccccc2)CC1. The van der Waals surface area contributed by atoms with Crippen LogP contribution in [0.4, 0.5) is 5.69 Å². The van der Waals surface area contributed by atoms with Gasteiger partial charge in [0.1, 0.15) is 0 Å². The Hall–Kier alpha value is -1.24. The van der Waals surface area contributed by atoms with E-state index in [1.54, 1.807) is 0 Å². The lowest BCUT2D eigenvalue weighted by molar-refractivity contribution is 0.790. The van der Waals surface area contributed by atoms with Gasteiger partial charge in [-0.05, 0) is 31.4 Å². The van der Waals surface area contributed by atoms with Crippen molar-refractivity contribution in [1.82, 2.24) is 0 Å². The van der Waals surface area contributed by atoms with Crippen LogP contribution in [0.15, 0.2) is 42.5 Å². The van der Waals surface area contributed by atoms with Crippen LogP contribution in [-0.2, 0) is 0 Å². The summed E-state index contributed by atoms with van der Waals surface area (Å²) in [6, 6.07) is 10.7. The molecule has 1 fully saturated rings. The predicted molar refractivity (Wildman–Crippen MR) is 61.6 cm³/mol. The van der Waals surface area contributed by atoms with Crippen LogP contribution in [0, 0.1) is 0 Å². The molecule has 0 amide bonds. The molecule has 0 aromatic heterocycles. The van der Waals surface area contributed by atoms with E-state index in [4.69, 9.17) is 0 Å². The Bertz CT molecular complexity index is 302. The number of anilines is 1. The summed E-state index contributed by atoms with van der Waals surface area (Å²) >= 11 is 0. The van der Waals surface area contributed by atoms with E-state index >= 15 is 0 Å². The van der Waals surface area contributed by atoms with Gasteiger partial charge in [-0.15, -0.1) is 0 Å². The summed E-state index contributed by atoms with van der Waals surface area (Å²) in [5.74, 6) is 0. The molecule has 0 radical (unpaired) electrons. The van der Waals surface area contributed by atoms with Crippen LogP contribution in [0.3, 0.4) is 0 Å². The first kappa shape index (κ1) is 9.32. The molecule has 74 valence electrons. The van der Waals surface area contributed by atoms with Gasteiger partial charge in [0.2, 0.25) is 0 Å². The number of hydrogen-bond acceptors (Lipinski definition) is 1. The zero-order valence-electron chi connectivity index (χ0n) is 8.58. The van der Waals surface area contributed by atoms with Gasteiger partial charge in [-0.1, -0.05) is 30.4 Å². The standard InChI is InChI=1S/C13H17N/c1-12-6-5-10-14(11-9-12)13-7-3-2-4-8-13/h2-4,7-8H,1,5-6,9-11H2. The maximum absolute atomic E-state index is 4.08. The highest BCUT2D eigenvalue weighted by molar-refractivity contribution is 5.46. The Morgan fingerprint density at radius 3 is 2.57 bits per heavy atom. The predicted octanol–water partition coefficient (Wildman–Crippen LogP) is 3.23. The third kappa shape index (κ3) is 2.16. The summed E-state index contributed by atoms with van der Waals surface area (Å²) in [5.41, 5.74) is 2.76. The molecule has 0 aliphatic carbocycles. The lowest BCUT2D eigenvalue weighted by Gasteiger charge is -2.22. The Balaban J connectivity index is 2.08. The van der Waals surface area contributed by atoms with Crippen molar-refractivity contribution in [2.24, 2.45) is 0 Å². The minimum atomic E-state index is 1.13. The van der Waals surface area contributed by atoms with E-state index in [0.717, 1.165) is 13.0 Å². The van der Waals surface area contributed by atoms with Crippen molar-refractivity contribution < 1.29 is 0 Å². The highest BCUT2D eigenvalue weighted by Gasteiger charge is 2.10. The summed E-state index contributed by atoms with van der Waals surface area (Å²) in [4.78, 5) is 2.46. The first-order chi connectivity index (χ1) is 6.86. The summed E-state index contributed by atoms with van der Waals surface area (Å²) in [6.07, 6.45) is 3.59. The summed E-state index contributed by atoms with van der Waals surface area (Å²) in [6.45, 7) is 6.37. The van der Waals surface area contributed by atoms with Gasteiger partial charge in [-0.25, -0.2) is 0 Å². The first-order valence-electron chi connectivity index (χ1n) is 5.33. The fourth-order valence-corrected chi connectivity index (χ4v) is 1.95. The molecular formula is C13H17N. The first-order valence-corrected chi connectivity index (χ1v) is 5.33. The molecule has 0 N–H and O–H groups in total. The van der Waals surface area contributed by atoms with Gasteiger partial charge >= 0.3 is 0 Å². The molecule has 1 heteroatoms. The average molecular weight is 187 g/mol. The summed E-state index contributed by atoms with van der Waals surface area (Å²) < 4.78 is 0. The molecule has 0 saturated carbocycles. The molecule has 0 spiro atoms. The second kappa shape index (κ2) is 4.32. The van der Waals surface area contributed by atoms with Gasteiger partial charge in [-0.3, -0.25) is 0 Å². The van der Waals surface area contributed by atoms with Crippen molar-refractivity contribution >= 4 is 5.69 Å². The van der Waals surface area contributed by atoms with E-state index in [0.29, 0.717) is 0 Å². The van der Waals surface area contributed by atoms with E-state index in [1.807, 2.05) is 0 Å². The second-order valence-corrected chi connectivity index (χ2v) is 3.93. The Morgan fingerprint density at radius 2 is 1.79 bits per heavy atom. The van der Waals surface area contributed by atoms with Gasteiger partial charge in [0.05, 0.1) is 0 Å². The molecule has 1 aromatic rings. The molecule has 1 saturated heterocycles. The molecule has 1 heterocycles. The number of benzene rings is 1. The molecule has 2 rings (SSSR count). The summed E-state index contributed by atoms with van der Waals surface area (Å²) in [5, 5.41) is 0. The molecule has 14 heavy (non-hydrogen) atoms. The lowest BCUT2D eigenvalue weighted by Crippen LogP contribution is -2.23. The Kier molecular flexibility index (Phi) is 2.87. The maximum atomic E-state index is 4.08. The van der Waals surface area contributed by atoms with Crippen LogP contribution in [0.1, 0.15) is 19.3 Å². The third-order valence-electron chi connectivity index (χ3n) is 2.81. The minimum Gasteiger partial charge on any atom is -0.371 e. The van der Waals surface area contributed by atoms with Crippen molar-refractivity contribution in [2.75, 3.05) is 18.0 Å². The Labute approximate surface area is 86.1 Å². The van der Waals surface area contributed by atoms with E-state index in [9.17, 15) is 0 Å². The van der Waals surface area contributed by atoms with Gasteiger partial charge in [0.25, 0.3) is 0 Å². The fourth-order valence-electron chi connectivity index (χ4n) is 1.95. The molecule has 0 atom stereocenters. The fraction of sp³-hybridized carbons (Fsp3) is 0.385. The van der Waals surface area contributed by atoms with Crippen molar-refractivity contribution in [3.8, 4) is 0 Å². The Morgan fingerprint density at radius 1 is 1.00 bits per heavy atom. The van der Waals surface area contributed by atoms with Crippen molar-refractivity contribution in [3.63, 3.8) is 0 Å². The maximum Gasteiger partial charge on any atom is 0.0366 e. The van der Waals surface area contributed by atoms with Crippen molar-refractivity contribution in [3.05, 3.63) is 42.5 Å². The zero-order valence-corrected chi connectivity index (χ0v) is 8.58. The molecular weight excluding hydrogens is 170 g/mol. The molecule has 1 aliphatic heterocycles. The van der Waals surface area contributed by atoms with Crippen LogP contribution in [0.2, 0.25) is 0 Å². The second-order valence-electron chi connectivity index (χ2n) is 3.93. The van der Waals surface area contributed by atoms with E-state index in [-0.39, 0.29) is 0 Å². The number of para-hydroxylation sites is 1. The topological polar surface area (TPSA) is 3.24 Å². The van der Waals surface area contributed by atoms with Gasteiger partial charge < -0.3 is 4.90 Å². The molecule has 0 unspecified atom stereocenters. The average Bonchev–Trinajstić information content (AvgIpc) is 2.44. The molecule has 1 aromatic carbocycles. The van der Waals surface area contributed by atoms with Gasteiger partial charge in [0.15, 0.2) is 0 Å². The highest BCUT2D eigenvalue weighted by atomic mass is 15.1.